The molecule has 1 aromatic heterocycles. The van der Waals surface area contributed by atoms with Crippen molar-refractivity contribution in [3.8, 4) is 11.1 Å². The van der Waals surface area contributed by atoms with Crippen LogP contribution in [-0.2, 0) is 11.3 Å². The zero-order chi connectivity index (χ0) is 24.2. The molecule has 0 radical (unpaired) electrons. The summed E-state index contributed by atoms with van der Waals surface area (Å²) in [5, 5.41) is 18.9. The molecule has 0 fully saturated rings. The quantitative estimate of drug-likeness (QED) is 0.442. The molecule has 6 nitrogen and oxygen atoms in total. The molecule has 5 rings (SSSR count). The van der Waals surface area contributed by atoms with E-state index in [1.54, 1.807) is 18.4 Å². The van der Waals surface area contributed by atoms with Crippen molar-refractivity contribution in [2.24, 2.45) is 5.92 Å². The molecule has 3 N–H and O–H groups in total. The van der Waals surface area contributed by atoms with Gasteiger partial charge in [0.15, 0.2) is 5.13 Å². The average Bonchev–Trinajstić information content (AvgIpc) is 3.35. The normalized spacial score (nSPS) is 19.1. The van der Waals surface area contributed by atoms with Gasteiger partial charge in [-0.05, 0) is 29.5 Å². The monoisotopic (exact) mass is 486 g/mol. The number of hydrogen-bond acceptors (Lipinski definition) is 6. The van der Waals surface area contributed by atoms with Crippen LogP contribution in [0.25, 0.3) is 11.1 Å². The molecular weight excluding hydrogens is 456 g/mol. The van der Waals surface area contributed by atoms with Gasteiger partial charge < -0.3 is 20.6 Å². The van der Waals surface area contributed by atoms with Crippen molar-refractivity contribution in [2.45, 2.75) is 25.5 Å². The summed E-state index contributed by atoms with van der Waals surface area (Å²) in [6.45, 7) is 1.77. The number of fused-ring (bicyclic) bond motifs is 1. The van der Waals surface area contributed by atoms with Crippen LogP contribution >= 0.6 is 11.3 Å². The van der Waals surface area contributed by atoms with Crippen molar-refractivity contribution >= 4 is 27.4 Å². The standard InChI is InChI=1S/C28H30N4O2S/c1-29-26(34)23-18-32(17-21-14-8-9-15-22(21)20-12-6-3-7-13-20)27-24(25(23)33)31-28(35-27)30-16-19-10-4-2-5-11-19/h2-4,6-10,12-15,23,25,33H,5,11,16-18H2,1H3,(H,29,34)(H,30,31). The van der Waals surface area contributed by atoms with Crippen LogP contribution in [0.2, 0.25) is 0 Å². The van der Waals surface area contributed by atoms with E-state index in [2.05, 4.69) is 64.1 Å². The van der Waals surface area contributed by atoms with E-state index in [0.717, 1.165) is 40.6 Å². The molecule has 0 saturated carbocycles. The first-order valence-electron chi connectivity index (χ1n) is 12.0. The summed E-state index contributed by atoms with van der Waals surface area (Å²) in [6, 6.07) is 18.7. The van der Waals surface area contributed by atoms with E-state index in [1.807, 2.05) is 24.3 Å². The minimum absolute atomic E-state index is 0.175. The third-order valence-electron chi connectivity index (χ3n) is 6.61. The number of aliphatic hydroxyl groups is 1. The Labute approximate surface area is 210 Å². The van der Waals surface area contributed by atoms with Crippen LogP contribution in [0, 0.1) is 5.92 Å². The van der Waals surface area contributed by atoms with E-state index >= 15 is 0 Å². The number of carbonyl (C=O) groups excluding carboxylic acids is 1. The molecule has 2 aromatic carbocycles. The Morgan fingerprint density at radius 3 is 2.74 bits per heavy atom. The number of aliphatic hydroxyl groups excluding tert-OH is 1. The summed E-state index contributed by atoms with van der Waals surface area (Å²) in [4.78, 5) is 19.6. The number of benzene rings is 2. The molecule has 2 atom stereocenters. The fraction of sp³-hybridized carbons (Fsp3) is 0.286. The molecule has 0 bridgehead atoms. The summed E-state index contributed by atoms with van der Waals surface area (Å²) in [7, 11) is 1.61. The van der Waals surface area contributed by atoms with Crippen LogP contribution in [0.15, 0.2) is 78.4 Å². The topological polar surface area (TPSA) is 77.5 Å². The molecule has 1 aliphatic heterocycles. The van der Waals surface area contributed by atoms with Gasteiger partial charge in [0.2, 0.25) is 5.91 Å². The lowest BCUT2D eigenvalue weighted by atomic mass is 9.93. The SMILES string of the molecule is CNC(=O)C1CN(Cc2ccccc2-c2ccccc2)c2sc(NCC3=CC=CCC3)nc2C1O. The van der Waals surface area contributed by atoms with E-state index in [0.29, 0.717) is 18.8 Å². The highest BCUT2D eigenvalue weighted by atomic mass is 32.1. The number of carbonyl (C=O) groups is 1. The van der Waals surface area contributed by atoms with E-state index < -0.39 is 12.0 Å². The molecule has 2 unspecified atom stereocenters. The van der Waals surface area contributed by atoms with Gasteiger partial charge in [-0.25, -0.2) is 4.98 Å². The second kappa shape index (κ2) is 10.5. The summed E-state index contributed by atoms with van der Waals surface area (Å²) in [5.74, 6) is -0.760. The zero-order valence-corrected chi connectivity index (χ0v) is 20.6. The summed E-state index contributed by atoms with van der Waals surface area (Å²) in [6.07, 6.45) is 7.58. The highest BCUT2D eigenvalue weighted by Gasteiger charge is 2.39. The summed E-state index contributed by atoms with van der Waals surface area (Å²) in [5.41, 5.74) is 5.39. The third-order valence-corrected chi connectivity index (χ3v) is 7.70. The maximum Gasteiger partial charge on any atom is 0.227 e. The molecule has 3 aromatic rings. The molecule has 1 aliphatic carbocycles. The van der Waals surface area contributed by atoms with Crippen LogP contribution < -0.4 is 15.5 Å². The van der Waals surface area contributed by atoms with E-state index in [-0.39, 0.29) is 5.91 Å². The molecule has 35 heavy (non-hydrogen) atoms. The van der Waals surface area contributed by atoms with Crippen LogP contribution in [0.4, 0.5) is 10.1 Å². The number of anilines is 2. The number of nitrogens with one attached hydrogen (secondary N) is 2. The largest absolute Gasteiger partial charge is 0.386 e. The highest BCUT2D eigenvalue weighted by Crippen LogP contribution is 2.44. The number of rotatable bonds is 7. The van der Waals surface area contributed by atoms with Gasteiger partial charge in [-0.1, -0.05) is 89.7 Å². The highest BCUT2D eigenvalue weighted by molar-refractivity contribution is 7.19. The Hall–Kier alpha value is -3.42. The van der Waals surface area contributed by atoms with Crippen LogP contribution in [-0.4, -0.2) is 36.1 Å². The van der Waals surface area contributed by atoms with Crippen LogP contribution in [0.5, 0.6) is 0 Å². The summed E-state index contributed by atoms with van der Waals surface area (Å²) >= 11 is 1.54. The van der Waals surface area contributed by atoms with Crippen molar-refractivity contribution in [3.63, 3.8) is 0 Å². The van der Waals surface area contributed by atoms with E-state index in [1.165, 1.54) is 11.1 Å². The Balaban J connectivity index is 1.46. The number of nitrogens with zero attached hydrogens (tertiary/aromatic N) is 2. The second-order valence-corrected chi connectivity index (χ2v) is 9.90. The smallest absolute Gasteiger partial charge is 0.227 e. The van der Waals surface area contributed by atoms with Gasteiger partial charge in [0.25, 0.3) is 0 Å². The number of amides is 1. The lowest BCUT2D eigenvalue weighted by Crippen LogP contribution is -2.44. The lowest BCUT2D eigenvalue weighted by Gasteiger charge is -2.35. The van der Waals surface area contributed by atoms with Crippen molar-refractivity contribution in [3.05, 3.63) is 89.7 Å². The van der Waals surface area contributed by atoms with Crippen molar-refractivity contribution in [2.75, 3.05) is 30.4 Å². The number of hydrogen-bond donors (Lipinski definition) is 3. The molecule has 180 valence electrons. The molecule has 0 saturated heterocycles. The van der Waals surface area contributed by atoms with Crippen molar-refractivity contribution < 1.29 is 9.90 Å². The second-order valence-electron chi connectivity index (χ2n) is 8.92. The molecular formula is C28H30N4O2S. The Morgan fingerprint density at radius 2 is 1.97 bits per heavy atom. The Bertz CT molecular complexity index is 1250. The number of aromatic nitrogens is 1. The van der Waals surface area contributed by atoms with E-state index in [4.69, 9.17) is 4.98 Å². The fourth-order valence-electron chi connectivity index (χ4n) is 4.73. The first-order chi connectivity index (χ1) is 17.1. The first kappa shape index (κ1) is 23.3. The minimum atomic E-state index is -0.936. The Morgan fingerprint density at radius 1 is 1.17 bits per heavy atom. The number of allylic oxidation sites excluding steroid dienone is 3. The van der Waals surface area contributed by atoms with Gasteiger partial charge in [-0.2, -0.15) is 0 Å². The maximum atomic E-state index is 12.7. The average molecular weight is 487 g/mol. The third kappa shape index (κ3) is 5.01. The number of thiazole rings is 1. The molecule has 2 heterocycles. The van der Waals surface area contributed by atoms with Crippen molar-refractivity contribution in [1.29, 1.82) is 0 Å². The Kier molecular flexibility index (Phi) is 6.97. The predicted octanol–water partition coefficient (Wildman–Crippen LogP) is 4.91. The van der Waals surface area contributed by atoms with Gasteiger partial charge in [-0.3, -0.25) is 4.79 Å². The van der Waals surface area contributed by atoms with Crippen LogP contribution in [0.3, 0.4) is 0 Å². The molecule has 0 spiro atoms. The van der Waals surface area contributed by atoms with Gasteiger partial charge >= 0.3 is 0 Å². The molecule has 2 aliphatic rings. The van der Waals surface area contributed by atoms with Crippen LogP contribution in [0.1, 0.15) is 30.2 Å². The van der Waals surface area contributed by atoms with E-state index in [9.17, 15) is 9.90 Å². The van der Waals surface area contributed by atoms with Gasteiger partial charge in [0, 0.05) is 26.7 Å². The molecule has 1 amide bonds. The first-order valence-corrected chi connectivity index (χ1v) is 12.8. The van der Waals surface area contributed by atoms with Gasteiger partial charge in [0.05, 0.1) is 5.92 Å². The van der Waals surface area contributed by atoms with Gasteiger partial charge in [0.1, 0.15) is 16.8 Å². The van der Waals surface area contributed by atoms with Crippen molar-refractivity contribution in [1.82, 2.24) is 10.3 Å². The zero-order valence-electron chi connectivity index (χ0n) is 19.8. The summed E-state index contributed by atoms with van der Waals surface area (Å²) < 4.78 is 0. The minimum Gasteiger partial charge on any atom is -0.386 e. The fourth-order valence-corrected chi connectivity index (χ4v) is 5.74. The lowest BCUT2D eigenvalue weighted by molar-refractivity contribution is -0.128. The molecule has 7 heteroatoms. The predicted molar refractivity (Wildman–Crippen MR) is 143 cm³/mol. The maximum absolute atomic E-state index is 12.7. The van der Waals surface area contributed by atoms with Gasteiger partial charge in [-0.15, -0.1) is 0 Å².